The summed E-state index contributed by atoms with van der Waals surface area (Å²) in [5.41, 5.74) is 6.62. The van der Waals surface area contributed by atoms with E-state index in [4.69, 9.17) is 22.2 Å². The molecule has 0 heterocycles. The Morgan fingerprint density at radius 2 is 1.80 bits per heavy atom. The summed E-state index contributed by atoms with van der Waals surface area (Å²) in [6.45, 7) is 0. The molecule has 6 heteroatoms. The van der Waals surface area contributed by atoms with E-state index in [1.54, 1.807) is 36.4 Å². The molecular formula is C14H10BrClN2O2. The summed E-state index contributed by atoms with van der Waals surface area (Å²) in [6.07, 6.45) is 0. The van der Waals surface area contributed by atoms with Gasteiger partial charge in [-0.25, -0.2) is 4.79 Å². The second kappa shape index (κ2) is 6.54. The van der Waals surface area contributed by atoms with Crippen LogP contribution in [0.4, 0.5) is 0 Å². The van der Waals surface area contributed by atoms with Crippen molar-refractivity contribution in [2.24, 2.45) is 10.9 Å². The standard InChI is InChI=1S/C14H10BrClN2O2/c15-10-7-5-9(6-8-10)13(17)18-20-14(19)11-3-1-2-4-12(11)16/h1-8H,(H2,17,18). The number of halogens is 2. The highest BCUT2D eigenvalue weighted by Gasteiger charge is 2.11. The van der Waals surface area contributed by atoms with Crippen molar-refractivity contribution in [2.75, 3.05) is 0 Å². The fourth-order valence-corrected chi connectivity index (χ4v) is 1.92. The van der Waals surface area contributed by atoms with Crippen molar-refractivity contribution in [3.63, 3.8) is 0 Å². The van der Waals surface area contributed by atoms with E-state index < -0.39 is 5.97 Å². The SMILES string of the molecule is N/C(=N/OC(=O)c1ccccc1Cl)c1ccc(Br)cc1. The van der Waals surface area contributed by atoms with Crippen molar-refractivity contribution in [2.45, 2.75) is 0 Å². The Morgan fingerprint density at radius 1 is 1.15 bits per heavy atom. The van der Waals surface area contributed by atoms with Crippen molar-refractivity contribution in [3.05, 3.63) is 69.2 Å². The van der Waals surface area contributed by atoms with Crippen LogP contribution in [0.25, 0.3) is 0 Å². The van der Waals surface area contributed by atoms with Crippen LogP contribution in [0.15, 0.2) is 58.2 Å². The molecule has 2 aromatic carbocycles. The number of nitrogens with two attached hydrogens (primary N) is 1. The molecule has 102 valence electrons. The molecule has 0 radical (unpaired) electrons. The van der Waals surface area contributed by atoms with Gasteiger partial charge in [0.2, 0.25) is 0 Å². The lowest BCUT2D eigenvalue weighted by molar-refractivity contribution is 0.0516. The van der Waals surface area contributed by atoms with Crippen LogP contribution >= 0.6 is 27.5 Å². The summed E-state index contributed by atoms with van der Waals surface area (Å²) >= 11 is 9.20. The number of hydrogen-bond acceptors (Lipinski definition) is 3. The first-order valence-corrected chi connectivity index (χ1v) is 6.80. The van der Waals surface area contributed by atoms with Crippen LogP contribution in [0.3, 0.4) is 0 Å². The van der Waals surface area contributed by atoms with Crippen LogP contribution in [0.5, 0.6) is 0 Å². The van der Waals surface area contributed by atoms with Crippen molar-refractivity contribution < 1.29 is 9.63 Å². The second-order valence-corrected chi connectivity index (χ2v) is 5.16. The third-order valence-electron chi connectivity index (χ3n) is 2.46. The van der Waals surface area contributed by atoms with Crippen LogP contribution in [-0.4, -0.2) is 11.8 Å². The second-order valence-electron chi connectivity index (χ2n) is 3.84. The fraction of sp³-hybridized carbons (Fsp3) is 0. The van der Waals surface area contributed by atoms with E-state index in [0.29, 0.717) is 10.6 Å². The van der Waals surface area contributed by atoms with Crippen molar-refractivity contribution in [1.29, 1.82) is 0 Å². The topological polar surface area (TPSA) is 64.7 Å². The van der Waals surface area contributed by atoms with Crippen LogP contribution in [0.2, 0.25) is 5.02 Å². The lowest BCUT2D eigenvalue weighted by Gasteiger charge is -2.02. The summed E-state index contributed by atoms with van der Waals surface area (Å²) < 4.78 is 0.919. The molecule has 0 bridgehead atoms. The zero-order valence-electron chi connectivity index (χ0n) is 10.2. The van der Waals surface area contributed by atoms with E-state index in [2.05, 4.69) is 21.1 Å². The quantitative estimate of drug-likeness (QED) is 0.397. The molecule has 0 aromatic heterocycles. The predicted octanol–water partition coefficient (Wildman–Crippen LogP) is 3.58. The molecule has 0 saturated heterocycles. The van der Waals surface area contributed by atoms with Gasteiger partial charge in [0.1, 0.15) is 0 Å². The van der Waals surface area contributed by atoms with Gasteiger partial charge in [-0.3, -0.25) is 0 Å². The first-order valence-electron chi connectivity index (χ1n) is 5.63. The maximum absolute atomic E-state index is 11.8. The number of benzene rings is 2. The number of amidine groups is 1. The van der Waals surface area contributed by atoms with Crippen LogP contribution in [0, 0.1) is 0 Å². The van der Waals surface area contributed by atoms with E-state index >= 15 is 0 Å². The molecule has 4 nitrogen and oxygen atoms in total. The lowest BCUT2D eigenvalue weighted by atomic mass is 10.2. The number of carbonyl (C=O) groups is 1. The molecule has 0 unspecified atom stereocenters. The Kier molecular flexibility index (Phi) is 4.76. The summed E-state index contributed by atoms with van der Waals surface area (Å²) in [6, 6.07) is 13.7. The third kappa shape index (κ3) is 3.59. The van der Waals surface area contributed by atoms with Gasteiger partial charge in [-0.05, 0) is 24.3 Å². The molecule has 2 N–H and O–H groups in total. The molecule has 0 amide bonds. The van der Waals surface area contributed by atoms with E-state index in [9.17, 15) is 4.79 Å². The van der Waals surface area contributed by atoms with Gasteiger partial charge < -0.3 is 10.6 Å². The minimum Gasteiger partial charge on any atom is -0.380 e. The van der Waals surface area contributed by atoms with Crippen molar-refractivity contribution in [3.8, 4) is 0 Å². The molecule has 0 atom stereocenters. The third-order valence-corrected chi connectivity index (χ3v) is 3.32. The number of carbonyl (C=O) groups excluding carboxylic acids is 1. The highest BCUT2D eigenvalue weighted by molar-refractivity contribution is 9.10. The van der Waals surface area contributed by atoms with Gasteiger partial charge in [0.25, 0.3) is 0 Å². The predicted molar refractivity (Wildman–Crippen MR) is 81.7 cm³/mol. The summed E-state index contributed by atoms with van der Waals surface area (Å²) in [4.78, 5) is 16.6. The van der Waals surface area contributed by atoms with Gasteiger partial charge in [-0.15, -0.1) is 0 Å². The van der Waals surface area contributed by atoms with Gasteiger partial charge in [0.05, 0.1) is 10.6 Å². The summed E-state index contributed by atoms with van der Waals surface area (Å²) in [5, 5.41) is 3.91. The van der Waals surface area contributed by atoms with E-state index in [0.717, 1.165) is 4.47 Å². The molecule has 20 heavy (non-hydrogen) atoms. The van der Waals surface area contributed by atoms with E-state index in [1.807, 2.05) is 12.1 Å². The van der Waals surface area contributed by atoms with Gasteiger partial charge >= 0.3 is 5.97 Å². The number of hydrogen-bond donors (Lipinski definition) is 1. The average Bonchev–Trinajstić information content (AvgIpc) is 2.45. The highest BCUT2D eigenvalue weighted by atomic mass is 79.9. The first kappa shape index (κ1) is 14.6. The lowest BCUT2D eigenvalue weighted by Crippen LogP contribution is -2.15. The molecule has 2 rings (SSSR count). The van der Waals surface area contributed by atoms with Crippen LogP contribution in [0.1, 0.15) is 15.9 Å². The molecule has 0 aliphatic carbocycles. The molecular weight excluding hydrogens is 344 g/mol. The van der Waals surface area contributed by atoms with E-state index in [-0.39, 0.29) is 11.4 Å². The smallest absolute Gasteiger partial charge is 0.367 e. The number of nitrogens with zero attached hydrogens (tertiary/aromatic N) is 1. The Labute approximate surface area is 129 Å². The Hall–Kier alpha value is -1.85. The molecule has 0 saturated carbocycles. The Balaban J connectivity index is 2.11. The first-order chi connectivity index (χ1) is 9.58. The Morgan fingerprint density at radius 3 is 2.45 bits per heavy atom. The van der Waals surface area contributed by atoms with Crippen molar-refractivity contribution in [1.82, 2.24) is 0 Å². The highest BCUT2D eigenvalue weighted by Crippen LogP contribution is 2.16. The molecule has 2 aromatic rings. The van der Waals surface area contributed by atoms with E-state index in [1.165, 1.54) is 0 Å². The van der Waals surface area contributed by atoms with Crippen molar-refractivity contribution >= 4 is 39.3 Å². The number of oxime groups is 1. The van der Waals surface area contributed by atoms with Gasteiger partial charge in [0, 0.05) is 10.0 Å². The molecule has 0 aliphatic heterocycles. The maximum Gasteiger partial charge on any atom is 0.367 e. The molecule has 0 fully saturated rings. The summed E-state index contributed by atoms with van der Waals surface area (Å²) in [5.74, 6) is -0.548. The fourth-order valence-electron chi connectivity index (χ4n) is 1.44. The largest absolute Gasteiger partial charge is 0.380 e. The van der Waals surface area contributed by atoms with Gasteiger partial charge in [-0.2, -0.15) is 0 Å². The minimum atomic E-state index is -0.657. The summed E-state index contributed by atoms with van der Waals surface area (Å²) in [7, 11) is 0. The van der Waals surface area contributed by atoms with Crippen LogP contribution < -0.4 is 5.73 Å². The number of rotatable bonds is 3. The van der Waals surface area contributed by atoms with Gasteiger partial charge in [-0.1, -0.05) is 57.0 Å². The zero-order chi connectivity index (χ0) is 14.5. The average molecular weight is 354 g/mol. The van der Waals surface area contributed by atoms with Crippen LogP contribution in [-0.2, 0) is 4.84 Å². The zero-order valence-corrected chi connectivity index (χ0v) is 12.6. The maximum atomic E-state index is 11.8. The molecule has 0 aliphatic rings. The minimum absolute atomic E-state index is 0.109. The Bertz CT molecular complexity index is 656. The molecule has 0 spiro atoms. The normalized spacial score (nSPS) is 11.2. The van der Waals surface area contributed by atoms with Gasteiger partial charge in [0.15, 0.2) is 5.84 Å². The monoisotopic (exact) mass is 352 g/mol.